The lowest BCUT2D eigenvalue weighted by molar-refractivity contribution is -0.0173. The van der Waals surface area contributed by atoms with Crippen LogP contribution in [0.2, 0.25) is 0 Å². The van der Waals surface area contributed by atoms with E-state index in [1.165, 1.54) is 0 Å². The topological polar surface area (TPSA) is 91.8 Å². The van der Waals surface area contributed by atoms with Gasteiger partial charge in [0, 0.05) is 16.0 Å². The number of rotatable bonds is 11. The van der Waals surface area contributed by atoms with Gasteiger partial charge < -0.3 is 14.2 Å². The van der Waals surface area contributed by atoms with E-state index in [9.17, 15) is 0 Å². The number of nitrogens with one attached hydrogen (secondary N) is 1. The highest BCUT2D eigenvalue weighted by Gasteiger charge is 2.44. The molecule has 1 N–H and O–H groups in total. The number of nitrogens with zero attached hydrogens (tertiary/aromatic N) is 3. The van der Waals surface area contributed by atoms with E-state index >= 15 is 0 Å². The van der Waals surface area contributed by atoms with Gasteiger partial charge in [0.1, 0.15) is 0 Å². The zero-order chi connectivity index (χ0) is 16.8. The molecule has 1 saturated heterocycles. The normalized spacial score (nSPS) is 23.0. The van der Waals surface area contributed by atoms with Crippen LogP contribution in [0.5, 0.6) is 0 Å². The number of azide groups is 1. The fourth-order valence-corrected chi connectivity index (χ4v) is 2.53. The van der Waals surface area contributed by atoms with Crippen molar-refractivity contribution < 1.29 is 14.2 Å². The van der Waals surface area contributed by atoms with E-state index in [0.717, 1.165) is 6.42 Å². The molecule has 0 aliphatic carbocycles. The molecule has 1 aliphatic rings. The Bertz CT molecular complexity index is 394. The van der Waals surface area contributed by atoms with E-state index in [0.29, 0.717) is 19.6 Å². The van der Waals surface area contributed by atoms with Crippen molar-refractivity contribution in [3.05, 3.63) is 10.4 Å². The third-order valence-corrected chi connectivity index (χ3v) is 3.52. The molecule has 0 radical (unpaired) electrons. The SMILES string of the molecule is CCC(C)OCCOC1OC1NC(C)(C)CC(C)(C)N=[N+]=[N-]. The Morgan fingerprint density at radius 2 is 2.00 bits per heavy atom. The van der Waals surface area contributed by atoms with E-state index in [2.05, 4.69) is 36.1 Å². The molecule has 7 heteroatoms. The molecule has 3 atom stereocenters. The van der Waals surface area contributed by atoms with E-state index in [1.54, 1.807) is 0 Å². The highest BCUT2D eigenvalue weighted by atomic mass is 16.8. The molecule has 1 heterocycles. The molecule has 3 unspecified atom stereocenters. The average molecular weight is 314 g/mol. The summed E-state index contributed by atoms with van der Waals surface area (Å²) in [5.41, 5.74) is 7.94. The summed E-state index contributed by atoms with van der Waals surface area (Å²) < 4.78 is 16.6. The first kappa shape index (κ1) is 19.2. The van der Waals surface area contributed by atoms with Gasteiger partial charge in [-0.25, -0.2) is 0 Å². The Morgan fingerprint density at radius 1 is 1.32 bits per heavy atom. The van der Waals surface area contributed by atoms with Gasteiger partial charge in [-0.1, -0.05) is 25.9 Å². The number of ether oxygens (including phenoxy) is 3. The summed E-state index contributed by atoms with van der Waals surface area (Å²) in [5.74, 6) is 0. The van der Waals surface area contributed by atoms with Crippen molar-refractivity contribution in [1.29, 1.82) is 0 Å². The molecule has 0 aromatic rings. The minimum atomic E-state index is -0.444. The van der Waals surface area contributed by atoms with Crippen molar-refractivity contribution in [2.75, 3.05) is 13.2 Å². The van der Waals surface area contributed by atoms with Crippen molar-refractivity contribution in [3.8, 4) is 0 Å². The van der Waals surface area contributed by atoms with E-state index < -0.39 is 5.54 Å². The third kappa shape index (κ3) is 7.42. The van der Waals surface area contributed by atoms with Gasteiger partial charge in [-0.2, -0.15) is 0 Å². The highest BCUT2D eigenvalue weighted by molar-refractivity contribution is 4.93. The average Bonchev–Trinajstić information content (AvgIpc) is 3.09. The molecule has 7 nitrogen and oxygen atoms in total. The molecule has 0 saturated carbocycles. The van der Waals surface area contributed by atoms with Crippen LogP contribution in [-0.2, 0) is 14.2 Å². The van der Waals surface area contributed by atoms with E-state index in [4.69, 9.17) is 19.7 Å². The predicted molar refractivity (Wildman–Crippen MR) is 85.4 cm³/mol. The van der Waals surface area contributed by atoms with Crippen LogP contribution < -0.4 is 5.32 Å². The zero-order valence-electron chi connectivity index (χ0n) is 14.6. The zero-order valence-corrected chi connectivity index (χ0v) is 14.6. The Kier molecular flexibility index (Phi) is 7.09. The van der Waals surface area contributed by atoms with Crippen LogP contribution in [0.4, 0.5) is 0 Å². The second-order valence-corrected chi connectivity index (χ2v) is 7.09. The van der Waals surface area contributed by atoms with Crippen LogP contribution in [0.25, 0.3) is 10.4 Å². The summed E-state index contributed by atoms with van der Waals surface area (Å²) in [4.78, 5) is 2.90. The van der Waals surface area contributed by atoms with Crippen LogP contribution >= 0.6 is 0 Å². The molecule has 0 aromatic heterocycles. The quantitative estimate of drug-likeness (QED) is 0.208. The lowest BCUT2D eigenvalue weighted by Gasteiger charge is -2.32. The van der Waals surface area contributed by atoms with Gasteiger partial charge in [-0.15, -0.1) is 0 Å². The molecule has 0 amide bonds. The van der Waals surface area contributed by atoms with Gasteiger partial charge in [0.25, 0.3) is 0 Å². The molecular weight excluding hydrogens is 284 g/mol. The number of hydrogen-bond acceptors (Lipinski definition) is 5. The van der Waals surface area contributed by atoms with Gasteiger partial charge in [0.05, 0.1) is 19.3 Å². The Morgan fingerprint density at radius 3 is 2.59 bits per heavy atom. The predicted octanol–water partition coefficient (Wildman–Crippen LogP) is 3.35. The van der Waals surface area contributed by atoms with E-state index in [-0.39, 0.29) is 24.2 Å². The second kappa shape index (κ2) is 8.13. The summed E-state index contributed by atoms with van der Waals surface area (Å²) in [7, 11) is 0. The summed E-state index contributed by atoms with van der Waals surface area (Å²) in [5, 5.41) is 7.21. The van der Waals surface area contributed by atoms with Crippen LogP contribution in [0.3, 0.4) is 0 Å². The molecule has 22 heavy (non-hydrogen) atoms. The minimum Gasteiger partial charge on any atom is -0.376 e. The van der Waals surface area contributed by atoms with Crippen molar-refractivity contribution in [2.24, 2.45) is 5.11 Å². The monoisotopic (exact) mass is 314 g/mol. The van der Waals surface area contributed by atoms with Crippen LogP contribution in [-0.4, -0.2) is 42.9 Å². The standard InChI is InChI=1S/C15H30N4O3/c1-7-11(2)20-8-9-21-13-12(22-13)17-14(3,4)10-15(5,6)18-19-16/h11-13,17H,7-10H2,1-6H3. The van der Waals surface area contributed by atoms with Gasteiger partial charge in [0.2, 0.25) is 0 Å². The van der Waals surface area contributed by atoms with Crippen LogP contribution in [0, 0.1) is 0 Å². The summed E-state index contributed by atoms with van der Waals surface area (Å²) in [6, 6.07) is 0. The Balaban J connectivity index is 2.24. The second-order valence-electron chi connectivity index (χ2n) is 7.09. The van der Waals surface area contributed by atoms with Crippen LogP contribution in [0.15, 0.2) is 5.11 Å². The molecular formula is C15H30N4O3. The van der Waals surface area contributed by atoms with Gasteiger partial charge in [0.15, 0.2) is 12.5 Å². The van der Waals surface area contributed by atoms with E-state index in [1.807, 2.05) is 20.8 Å². The Labute approximate surface area is 133 Å². The smallest absolute Gasteiger partial charge is 0.199 e. The molecule has 0 spiro atoms. The lowest BCUT2D eigenvalue weighted by atomic mass is 9.87. The van der Waals surface area contributed by atoms with Crippen molar-refractivity contribution >= 4 is 0 Å². The van der Waals surface area contributed by atoms with Crippen LogP contribution in [0.1, 0.15) is 54.4 Å². The first-order valence-electron chi connectivity index (χ1n) is 7.92. The molecule has 128 valence electrons. The number of epoxide rings is 1. The minimum absolute atomic E-state index is 0.111. The maximum atomic E-state index is 8.59. The van der Waals surface area contributed by atoms with Gasteiger partial charge >= 0.3 is 0 Å². The fourth-order valence-electron chi connectivity index (χ4n) is 2.53. The Hall–Kier alpha value is -0.850. The van der Waals surface area contributed by atoms with Crippen molar-refractivity contribution in [2.45, 2.75) is 84.1 Å². The van der Waals surface area contributed by atoms with Gasteiger partial charge in [-0.3, -0.25) is 5.32 Å². The van der Waals surface area contributed by atoms with Crippen molar-refractivity contribution in [3.63, 3.8) is 0 Å². The van der Waals surface area contributed by atoms with Crippen molar-refractivity contribution in [1.82, 2.24) is 5.32 Å². The fraction of sp³-hybridized carbons (Fsp3) is 1.00. The van der Waals surface area contributed by atoms with Gasteiger partial charge in [-0.05, 0) is 39.1 Å². The maximum Gasteiger partial charge on any atom is 0.199 e. The summed E-state index contributed by atoms with van der Waals surface area (Å²) in [6.07, 6.45) is 1.63. The maximum absolute atomic E-state index is 8.59. The molecule has 0 bridgehead atoms. The lowest BCUT2D eigenvalue weighted by Crippen LogP contribution is -2.46. The first-order valence-corrected chi connectivity index (χ1v) is 7.92. The molecule has 1 rings (SSSR count). The summed E-state index contributed by atoms with van der Waals surface area (Å²) >= 11 is 0. The number of hydrogen-bond donors (Lipinski definition) is 1. The first-order chi connectivity index (χ1) is 10.2. The third-order valence-electron chi connectivity index (χ3n) is 3.52. The highest BCUT2D eigenvalue weighted by Crippen LogP contribution is 2.28. The molecule has 0 aromatic carbocycles. The summed E-state index contributed by atoms with van der Waals surface area (Å²) in [6.45, 7) is 13.2. The molecule has 1 fully saturated rings. The largest absolute Gasteiger partial charge is 0.376 e. The molecule has 1 aliphatic heterocycles.